The van der Waals surface area contributed by atoms with E-state index < -0.39 is 0 Å². The van der Waals surface area contributed by atoms with Gasteiger partial charge in [0.1, 0.15) is 5.82 Å². The van der Waals surface area contributed by atoms with E-state index in [1.165, 1.54) is 0 Å². The maximum Gasteiger partial charge on any atom is 0.160 e. The number of nitrogens with one attached hydrogen (secondary N) is 2. The SMILES string of the molecule is COc1ccc(CCCc2nccc(-c3cccc(NC4CCNCC4)c3)n2)cc1O. The summed E-state index contributed by atoms with van der Waals surface area (Å²) in [7, 11) is 1.55. The molecule has 0 atom stereocenters. The summed E-state index contributed by atoms with van der Waals surface area (Å²) >= 11 is 0. The van der Waals surface area contributed by atoms with Gasteiger partial charge in [0.05, 0.1) is 12.8 Å². The van der Waals surface area contributed by atoms with E-state index in [0.29, 0.717) is 11.8 Å². The number of aromatic nitrogens is 2. The second-order valence-electron chi connectivity index (χ2n) is 7.97. The number of phenolic OH excluding ortho intramolecular Hbond substituents is 1. The van der Waals surface area contributed by atoms with Crippen molar-refractivity contribution in [2.75, 3.05) is 25.5 Å². The van der Waals surface area contributed by atoms with Crippen molar-refractivity contribution >= 4 is 5.69 Å². The van der Waals surface area contributed by atoms with Crippen LogP contribution < -0.4 is 15.4 Å². The monoisotopic (exact) mass is 418 g/mol. The molecule has 1 saturated heterocycles. The van der Waals surface area contributed by atoms with Gasteiger partial charge in [-0.2, -0.15) is 0 Å². The summed E-state index contributed by atoms with van der Waals surface area (Å²) in [6.07, 6.45) is 6.67. The minimum atomic E-state index is 0.177. The van der Waals surface area contributed by atoms with Crippen LogP contribution in [0.3, 0.4) is 0 Å². The van der Waals surface area contributed by atoms with Gasteiger partial charge in [-0.1, -0.05) is 18.2 Å². The highest BCUT2D eigenvalue weighted by Gasteiger charge is 2.13. The fourth-order valence-corrected chi connectivity index (χ4v) is 3.99. The third-order valence-electron chi connectivity index (χ3n) is 5.68. The second kappa shape index (κ2) is 10.3. The Balaban J connectivity index is 1.37. The fraction of sp³-hybridized carbons (Fsp3) is 0.360. The fourth-order valence-electron chi connectivity index (χ4n) is 3.99. The Labute approximate surface area is 183 Å². The van der Waals surface area contributed by atoms with Gasteiger partial charge in [-0.25, -0.2) is 9.97 Å². The van der Waals surface area contributed by atoms with Crippen molar-refractivity contribution in [2.24, 2.45) is 0 Å². The zero-order chi connectivity index (χ0) is 21.5. The third kappa shape index (κ3) is 5.73. The number of nitrogens with zero attached hydrogens (tertiary/aromatic N) is 2. The van der Waals surface area contributed by atoms with Crippen molar-refractivity contribution in [3.8, 4) is 22.8 Å². The minimum Gasteiger partial charge on any atom is -0.504 e. The van der Waals surface area contributed by atoms with Gasteiger partial charge in [0, 0.05) is 29.9 Å². The first-order chi connectivity index (χ1) is 15.2. The number of benzene rings is 2. The van der Waals surface area contributed by atoms with E-state index >= 15 is 0 Å². The summed E-state index contributed by atoms with van der Waals surface area (Å²) in [5.41, 5.74) is 4.26. The largest absolute Gasteiger partial charge is 0.504 e. The van der Waals surface area contributed by atoms with Crippen LogP contribution in [0, 0.1) is 0 Å². The molecule has 4 rings (SSSR count). The number of hydrogen-bond acceptors (Lipinski definition) is 6. The van der Waals surface area contributed by atoms with E-state index in [4.69, 9.17) is 9.72 Å². The highest BCUT2D eigenvalue weighted by Crippen LogP contribution is 2.27. The lowest BCUT2D eigenvalue weighted by Gasteiger charge is -2.24. The lowest BCUT2D eigenvalue weighted by molar-refractivity contribution is 0.373. The number of aryl methyl sites for hydroxylation is 2. The van der Waals surface area contributed by atoms with E-state index in [1.807, 2.05) is 18.3 Å². The van der Waals surface area contributed by atoms with Gasteiger partial charge in [-0.05, 0) is 74.7 Å². The zero-order valence-electron chi connectivity index (χ0n) is 18.0. The molecule has 2 aromatic carbocycles. The lowest BCUT2D eigenvalue weighted by atomic mass is 10.1. The summed E-state index contributed by atoms with van der Waals surface area (Å²) in [4.78, 5) is 9.24. The summed E-state index contributed by atoms with van der Waals surface area (Å²) in [6, 6.07) is 16.5. The van der Waals surface area contributed by atoms with Gasteiger partial charge < -0.3 is 20.5 Å². The molecule has 0 saturated carbocycles. The van der Waals surface area contributed by atoms with E-state index in [-0.39, 0.29) is 5.75 Å². The minimum absolute atomic E-state index is 0.177. The molecule has 0 unspecified atom stereocenters. The van der Waals surface area contributed by atoms with Crippen LogP contribution in [0.15, 0.2) is 54.7 Å². The number of methoxy groups -OCH3 is 1. The van der Waals surface area contributed by atoms with Crippen LogP contribution in [0.5, 0.6) is 11.5 Å². The Morgan fingerprint density at radius 3 is 2.77 bits per heavy atom. The first-order valence-corrected chi connectivity index (χ1v) is 11.0. The summed E-state index contributed by atoms with van der Waals surface area (Å²) in [6.45, 7) is 2.14. The molecule has 3 aromatic rings. The van der Waals surface area contributed by atoms with Crippen LogP contribution in [0.25, 0.3) is 11.3 Å². The topological polar surface area (TPSA) is 79.3 Å². The molecule has 0 bridgehead atoms. The normalized spacial score (nSPS) is 14.4. The van der Waals surface area contributed by atoms with Crippen LogP contribution >= 0.6 is 0 Å². The van der Waals surface area contributed by atoms with Crippen molar-refractivity contribution in [3.63, 3.8) is 0 Å². The molecule has 6 nitrogen and oxygen atoms in total. The van der Waals surface area contributed by atoms with Gasteiger partial charge in [-0.15, -0.1) is 0 Å². The van der Waals surface area contributed by atoms with Crippen LogP contribution in [-0.4, -0.2) is 41.3 Å². The molecule has 0 aliphatic carbocycles. The molecule has 162 valence electrons. The average Bonchev–Trinajstić information content (AvgIpc) is 2.80. The quantitative estimate of drug-likeness (QED) is 0.509. The van der Waals surface area contributed by atoms with Gasteiger partial charge >= 0.3 is 0 Å². The van der Waals surface area contributed by atoms with Gasteiger partial charge in [0.2, 0.25) is 0 Å². The van der Waals surface area contributed by atoms with E-state index in [1.54, 1.807) is 19.2 Å². The summed E-state index contributed by atoms with van der Waals surface area (Å²) in [5, 5.41) is 17.0. The van der Waals surface area contributed by atoms with E-state index in [0.717, 1.165) is 73.5 Å². The molecular weight excluding hydrogens is 388 g/mol. The van der Waals surface area contributed by atoms with Crippen LogP contribution in [0.2, 0.25) is 0 Å². The highest BCUT2D eigenvalue weighted by molar-refractivity contribution is 5.65. The van der Waals surface area contributed by atoms with Crippen molar-refractivity contribution in [1.82, 2.24) is 15.3 Å². The maximum atomic E-state index is 9.94. The Morgan fingerprint density at radius 1 is 1.10 bits per heavy atom. The maximum absolute atomic E-state index is 9.94. The Kier molecular flexibility index (Phi) is 6.99. The molecular formula is C25H30N4O2. The van der Waals surface area contributed by atoms with Crippen LogP contribution in [-0.2, 0) is 12.8 Å². The Morgan fingerprint density at radius 2 is 1.97 bits per heavy atom. The average molecular weight is 419 g/mol. The summed E-state index contributed by atoms with van der Waals surface area (Å²) in [5.74, 6) is 1.51. The molecule has 1 aliphatic rings. The molecule has 3 N–H and O–H groups in total. The van der Waals surface area contributed by atoms with Gasteiger partial charge in [0.25, 0.3) is 0 Å². The number of phenols is 1. The molecule has 1 aliphatic heterocycles. The van der Waals surface area contributed by atoms with E-state index in [9.17, 15) is 5.11 Å². The third-order valence-corrected chi connectivity index (χ3v) is 5.68. The van der Waals surface area contributed by atoms with Crippen LogP contribution in [0.1, 0.15) is 30.7 Å². The lowest BCUT2D eigenvalue weighted by Crippen LogP contribution is -2.35. The van der Waals surface area contributed by atoms with Crippen molar-refractivity contribution in [2.45, 2.75) is 38.1 Å². The number of aromatic hydroxyl groups is 1. The first-order valence-electron chi connectivity index (χ1n) is 11.0. The predicted molar refractivity (Wildman–Crippen MR) is 124 cm³/mol. The van der Waals surface area contributed by atoms with Gasteiger partial charge in [-0.3, -0.25) is 0 Å². The molecule has 0 spiro atoms. The van der Waals surface area contributed by atoms with Crippen molar-refractivity contribution < 1.29 is 9.84 Å². The van der Waals surface area contributed by atoms with Crippen LogP contribution in [0.4, 0.5) is 5.69 Å². The number of anilines is 1. The molecule has 0 amide bonds. The second-order valence-corrected chi connectivity index (χ2v) is 7.97. The molecule has 1 aromatic heterocycles. The molecule has 0 radical (unpaired) electrons. The molecule has 2 heterocycles. The highest BCUT2D eigenvalue weighted by atomic mass is 16.5. The van der Waals surface area contributed by atoms with Crippen molar-refractivity contribution in [3.05, 3.63) is 66.1 Å². The smallest absolute Gasteiger partial charge is 0.160 e. The predicted octanol–water partition coefficient (Wildman–Crippen LogP) is 4.20. The standard InChI is InChI=1S/C25H30N4O2/c1-31-24-9-8-18(16-23(24)30)4-2-7-25-27-15-12-22(29-25)19-5-3-6-21(17-19)28-20-10-13-26-14-11-20/h3,5-6,8-9,12,15-17,20,26,28,30H,2,4,7,10-11,13-14H2,1H3. The molecule has 31 heavy (non-hydrogen) atoms. The number of piperidine rings is 1. The molecule has 6 heteroatoms. The zero-order valence-corrected chi connectivity index (χ0v) is 18.0. The first kappa shape index (κ1) is 21.1. The Bertz CT molecular complexity index is 1000. The number of rotatable bonds is 8. The van der Waals surface area contributed by atoms with Gasteiger partial charge in [0.15, 0.2) is 11.5 Å². The molecule has 1 fully saturated rings. The number of ether oxygens (including phenoxy) is 1. The van der Waals surface area contributed by atoms with Crippen molar-refractivity contribution in [1.29, 1.82) is 0 Å². The van der Waals surface area contributed by atoms with E-state index in [2.05, 4.69) is 39.9 Å². The number of hydrogen-bond donors (Lipinski definition) is 3. The Hall–Kier alpha value is -3.12. The summed E-state index contributed by atoms with van der Waals surface area (Å²) < 4.78 is 5.10.